The highest BCUT2D eigenvalue weighted by Crippen LogP contribution is 2.36. The van der Waals surface area contributed by atoms with Crippen molar-refractivity contribution in [2.45, 2.75) is 39.4 Å². The molecule has 0 saturated carbocycles. The van der Waals surface area contributed by atoms with E-state index in [1.54, 1.807) is 6.33 Å². The molecule has 0 unspecified atom stereocenters. The molecule has 0 saturated heterocycles. The second kappa shape index (κ2) is 7.57. The molecule has 9 heteroatoms. The lowest BCUT2D eigenvalue weighted by atomic mass is 9.95. The topological polar surface area (TPSA) is 98.6 Å². The van der Waals surface area contributed by atoms with Crippen LogP contribution in [0.5, 0.6) is 5.75 Å². The number of aromatic nitrogens is 3. The Hall–Kier alpha value is -3.36. The summed E-state index contributed by atoms with van der Waals surface area (Å²) in [6.07, 6.45) is 1.64. The number of nitrogens with one attached hydrogen (secondary N) is 1. The molecule has 1 aromatic heterocycles. The molecule has 152 valence electrons. The quantitative estimate of drug-likeness (QED) is 0.751. The Bertz CT molecular complexity index is 964. The summed E-state index contributed by atoms with van der Waals surface area (Å²) in [5.74, 6) is 0.950. The number of nitrogens with zero attached hydrogens (tertiary/aromatic N) is 4. The summed E-state index contributed by atoms with van der Waals surface area (Å²) in [4.78, 5) is 26.9. The zero-order chi connectivity index (χ0) is 20.5. The van der Waals surface area contributed by atoms with Gasteiger partial charge in [0.05, 0.1) is 30.5 Å². The van der Waals surface area contributed by atoms with Crippen LogP contribution in [0.15, 0.2) is 41.9 Å². The molecular formula is C20H23N5O4. The van der Waals surface area contributed by atoms with Crippen LogP contribution < -0.4 is 10.1 Å². The van der Waals surface area contributed by atoms with Gasteiger partial charge >= 0.3 is 12.0 Å². The van der Waals surface area contributed by atoms with Gasteiger partial charge in [0.15, 0.2) is 5.82 Å². The van der Waals surface area contributed by atoms with Gasteiger partial charge < -0.3 is 19.4 Å². The molecule has 9 nitrogen and oxygen atoms in total. The number of carbonyl (C=O) groups excluding carboxylic acids is 2. The van der Waals surface area contributed by atoms with E-state index >= 15 is 0 Å². The van der Waals surface area contributed by atoms with Crippen LogP contribution in [-0.4, -0.2) is 44.9 Å². The number of hydrogen-bond acceptors (Lipinski definition) is 6. The van der Waals surface area contributed by atoms with Gasteiger partial charge in [-0.3, -0.25) is 4.90 Å². The molecule has 29 heavy (non-hydrogen) atoms. The zero-order valence-electron chi connectivity index (χ0n) is 16.6. The molecular weight excluding hydrogens is 374 g/mol. The van der Waals surface area contributed by atoms with Gasteiger partial charge in [-0.15, -0.1) is 10.2 Å². The molecule has 2 aliphatic heterocycles. The first kappa shape index (κ1) is 19.0. The number of rotatable bonds is 6. The van der Waals surface area contributed by atoms with E-state index in [1.807, 2.05) is 49.6 Å². The van der Waals surface area contributed by atoms with E-state index in [0.29, 0.717) is 23.7 Å². The van der Waals surface area contributed by atoms with Crippen LogP contribution in [0.3, 0.4) is 0 Å². The van der Waals surface area contributed by atoms with Crippen molar-refractivity contribution in [2.75, 3.05) is 13.2 Å². The summed E-state index contributed by atoms with van der Waals surface area (Å²) >= 11 is 0. The third-order valence-electron chi connectivity index (χ3n) is 5.03. The lowest BCUT2D eigenvalue weighted by Gasteiger charge is -2.32. The van der Waals surface area contributed by atoms with Gasteiger partial charge in [0.25, 0.3) is 0 Å². The van der Waals surface area contributed by atoms with Crippen LogP contribution in [0.4, 0.5) is 4.79 Å². The number of cyclic esters (lactones) is 1. The summed E-state index contributed by atoms with van der Waals surface area (Å²) < 4.78 is 12.6. The molecule has 0 fully saturated rings. The summed E-state index contributed by atoms with van der Waals surface area (Å²) in [5, 5.41) is 11.0. The largest absolute Gasteiger partial charge is 0.494 e. The minimum absolute atomic E-state index is 0.0604. The van der Waals surface area contributed by atoms with Gasteiger partial charge in [-0.2, -0.15) is 0 Å². The van der Waals surface area contributed by atoms with E-state index in [1.165, 1.54) is 4.90 Å². The molecule has 1 N–H and O–H groups in total. The predicted octanol–water partition coefficient (Wildman–Crippen LogP) is 2.34. The normalized spacial score (nSPS) is 18.8. The van der Waals surface area contributed by atoms with Crippen molar-refractivity contribution in [1.82, 2.24) is 25.0 Å². The molecule has 1 aromatic carbocycles. The highest BCUT2D eigenvalue weighted by Gasteiger charge is 2.42. The number of urea groups is 1. The summed E-state index contributed by atoms with van der Waals surface area (Å²) in [7, 11) is 0. The first-order valence-electron chi connectivity index (χ1n) is 9.59. The van der Waals surface area contributed by atoms with Crippen LogP contribution in [-0.2, 0) is 16.1 Å². The third kappa shape index (κ3) is 3.43. The molecule has 3 heterocycles. The third-order valence-corrected chi connectivity index (χ3v) is 5.03. The van der Waals surface area contributed by atoms with Crippen LogP contribution >= 0.6 is 0 Å². The second-order valence-electron chi connectivity index (χ2n) is 7.16. The monoisotopic (exact) mass is 397 g/mol. The fourth-order valence-corrected chi connectivity index (χ4v) is 3.60. The number of ether oxygens (including phenoxy) is 2. The fraction of sp³-hybridized carbons (Fsp3) is 0.400. The van der Waals surface area contributed by atoms with Crippen molar-refractivity contribution in [1.29, 1.82) is 0 Å². The Kier molecular flexibility index (Phi) is 4.96. The average Bonchev–Trinajstić information content (AvgIpc) is 3.32. The Balaban J connectivity index is 1.67. The SMILES string of the molecule is CCOc1ccc([C@@H]2NC(=O)N(Cc3nncn3C(C)C)C3=C2C(=O)OC3)cc1. The van der Waals surface area contributed by atoms with E-state index in [4.69, 9.17) is 9.47 Å². The molecule has 0 aliphatic carbocycles. The van der Waals surface area contributed by atoms with Gasteiger partial charge in [0.2, 0.25) is 0 Å². The van der Waals surface area contributed by atoms with E-state index < -0.39 is 12.0 Å². The smallest absolute Gasteiger partial charge is 0.338 e. The summed E-state index contributed by atoms with van der Waals surface area (Å²) in [6, 6.07) is 6.61. The van der Waals surface area contributed by atoms with E-state index in [9.17, 15) is 9.59 Å². The molecule has 0 radical (unpaired) electrons. The molecule has 2 amide bonds. The van der Waals surface area contributed by atoms with Crippen LogP contribution in [0.2, 0.25) is 0 Å². The maximum Gasteiger partial charge on any atom is 0.338 e. The minimum Gasteiger partial charge on any atom is -0.494 e. The van der Waals surface area contributed by atoms with Gasteiger partial charge in [-0.25, -0.2) is 9.59 Å². The van der Waals surface area contributed by atoms with Crippen molar-refractivity contribution < 1.29 is 19.1 Å². The van der Waals surface area contributed by atoms with Crippen molar-refractivity contribution in [2.24, 2.45) is 0 Å². The lowest BCUT2D eigenvalue weighted by Crippen LogP contribution is -2.47. The first-order valence-corrected chi connectivity index (χ1v) is 9.59. The number of benzene rings is 1. The predicted molar refractivity (Wildman–Crippen MR) is 103 cm³/mol. The summed E-state index contributed by atoms with van der Waals surface area (Å²) in [5.41, 5.74) is 1.80. The molecule has 2 aromatic rings. The maximum absolute atomic E-state index is 12.9. The number of esters is 1. The second-order valence-corrected chi connectivity index (χ2v) is 7.16. The maximum atomic E-state index is 12.9. The molecule has 0 spiro atoms. The van der Waals surface area contributed by atoms with Gasteiger partial charge in [-0.05, 0) is 38.5 Å². The highest BCUT2D eigenvalue weighted by molar-refractivity contribution is 5.97. The standard InChI is InChI=1S/C20H23N5O4/c1-4-28-14-7-5-13(6-8-14)18-17-15(10-29-19(17)26)24(20(27)22-18)9-16-23-21-11-25(16)12(2)3/h5-8,11-12,18H,4,9-10H2,1-3H3,(H,22,27)/t18-/m0/s1. The minimum atomic E-state index is -0.567. The van der Waals surface area contributed by atoms with Crippen LogP contribution in [0.1, 0.15) is 44.2 Å². The van der Waals surface area contributed by atoms with E-state index in [0.717, 1.165) is 11.3 Å². The van der Waals surface area contributed by atoms with Gasteiger partial charge in [0.1, 0.15) is 18.7 Å². The van der Waals surface area contributed by atoms with Crippen LogP contribution in [0.25, 0.3) is 0 Å². The van der Waals surface area contributed by atoms with Gasteiger partial charge in [-0.1, -0.05) is 12.1 Å². The Labute approximate surface area is 168 Å². The van der Waals surface area contributed by atoms with Crippen molar-refractivity contribution in [3.8, 4) is 5.75 Å². The van der Waals surface area contributed by atoms with Crippen molar-refractivity contribution >= 4 is 12.0 Å². The van der Waals surface area contributed by atoms with Crippen LogP contribution in [0, 0.1) is 0 Å². The Morgan fingerprint density at radius 1 is 1.28 bits per heavy atom. The van der Waals surface area contributed by atoms with Gasteiger partial charge in [0, 0.05) is 6.04 Å². The lowest BCUT2D eigenvalue weighted by molar-refractivity contribution is -0.136. The molecule has 2 aliphatic rings. The number of carbonyl (C=O) groups is 2. The average molecular weight is 397 g/mol. The zero-order valence-corrected chi connectivity index (χ0v) is 16.6. The van der Waals surface area contributed by atoms with E-state index in [2.05, 4.69) is 15.5 Å². The number of amides is 2. The Morgan fingerprint density at radius 3 is 2.72 bits per heavy atom. The molecule has 1 atom stereocenters. The Morgan fingerprint density at radius 2 is 2.03 bits per heavy atom. The van der Waals surface area contributed by atoms with Crippen molar-refractivity contribution in [3.63, 3.8) is 0 Å². The van der Waals surface area contributed by atoms with E-state index in [-0.39, 0.29) is 25.2 Å². The molecule has 4 rings (SSSR count). The fourth-order valence-electron chi connectivity index (χ4n) is 3.60. The first-order chi connectivity index (χ1) is 14.0. The molecule has 0 bridgehead atoms. The number of hydrogen-bond donors (Lipinski definition) is 1. The highest BCUT2D eigenvalue weighted by atomic mass is 16.5. The summed E-state index contributed by atoms with van der Waals surface area (Å²) in [6.45, 7) is 6.77. The van der Waals surface area contributed by atoms with Crippen molar-refractivity contribution in [3.05, 3.63) is 53.3 Å².